The molecule has 2 aliphatic heterocycles. The molecule has 22 heavy (non-hydrogen) atoms. The molecule has 0 N–H and O–H groups in total. The molecule has 3 rings (SSSR count). The molecule has 2 saturated heterocycles. The number of sulfone groups is 1. The maximum atomic E-state index is 14.1. The summed E-state index contributed by atoms with van der Waals surface area (Å²) in [5.41, 5.74) is 0.223. The van der Waals surface area contributed by atoms with Crippen LogP contribution in [0, 0.1) is 5.82 Å². The highest BCUT2D eigenvalue weighted by molar-refractivity contribution is 8.16. The van der Waals surface area contributed by atoms with Gasteiger partial charge in [-0.3, -0.25) is 4.79 Å². The summed E-state index contributed by atoms with van der Waals surface area (Å²) in [5.74, 6) is -1.37. The molecule has 0 radical (unpaired) electrons. The van der Waals surface area contributed by atoms with E-state index >= 15 is 0 Å². The number of thioether (sulfide) groups is 1. The number of amidine groups is 1. The molecule has 2 fully saturated rings. The molecule has 2 atom stereocenters. The lowest BCUT2D eigenvalue weighted by atomic mass is 10.2. The highest BCUT2D eigenvalue weighted by Gasteiger charge is 2.49. The Morgan fingerprint density at radius 2 is 2.14 bits per heavy atom. The van der Waals surface area contributed by atoms with Gasteiger partial charge in [0.25, 0.3) is 5.91 Å². The van der Waals surface area contributed by atoms with E-state index in [1.807, 2.05) is 0 Å². The maximum Gasteiger partial charge on any atom is 0.262 e. The summed E-state index contributed by atoms with van der Waals surface area (Å²) in [6.45, 7) is 0. The Hall–Kier alpha value is -1.12. The van der Waals surface area contributed by atoms with Gasteiger partial charge in [-0.2, -0.15) is 4.99 Å². The third-order valence-corrected chi connectivity index (χ3v) is 6.95. The zero-order chi connectivity index (χ0) is 15.9. The summed E-state index contributed by atoms with van der Waals surface area (Å²) < 4.78 is 37.8. The normalized spacial score (nSPS) is 28.1. The number of carbonyl (C=O) groups is 1. The van der Waals surface area contributed by atoms with Crippen LogP contribution in [0.5, 0.6) is 0 Å². The lowest BCUT2D eigenvalue weighted by Crippen LogP contribution is -2.38. The lowest BCUT2D eigenvalue weighted by molar-refractivity contribution is -0.115. The first-order valence-electron chi connectivity index (χ1n) is 6.49. The summed E-state index contributed by atoms with van der Waals surface area (Å²) >= 11 is 6.66. The van der Waals surface area contributed by atoms with Gasteiger partial charge in [0.05, 0.1) is 23.2 Å². The molecule has 0 aromatic heterocycles. The molecule has 2 aliphatic rings. The lowest BCUT2D eigenvalue weighted by Gasteiger charge is -2.24. The second kappa shape index (κ2) is 5.82. The van der Waals surface area contributed by atoms with Crippen LogP contribution in [0.1, 0.15) is 0 Å². The van der Waals surface area contributed by atoms with Crippen molar-refractivity contribution in [1.82, 2.24) is 0 Å². The molecule has 1 amide bonds. The van der Waals surface area contributed by atoms with Crippen molar-refractivity contribution in [3.63, 3.8) is 0 Å². The minimum absolute atomic E-state index is 0.00136. The molecule has 1 aromatic carbocycles. The number of para-hydroxylation sites is 1. The van der Waals surface area contributed by atoms with Crippen molar-refractivity contribution in [1.29, 1.82) is 0 Å². The number of halogens is 2. The number of alkyl halides is 1. The SMILES string of the molecule is O=C(CCl)N=C1SC2CS(=O)(=O)CC2N1c1ccccc1F. The molecule has 0 bridgehead atoms. The predicted molar refractivity (Wildman–Crippen MR) is 85.9 cm³/mol. The van der Waals surface area contributed by atoms with Gasteiger partial charge in [-0.25, -0.2) is 12.8 Å². The van der Waals surface area contributed by atoms with E-state index in [4.69, 9.17) is 11.6 Å². The molecule has 1 aromatic rings. The second-order valence-corrected chi connectivity index (χ2v) is 8.67. The fourth-order valence-corrected chi connectivity index (χ4v) is 6.61. The van der Waals surface area contributed by atoms with Crippen molar-refractivity contribution in [2.24, 2.45) is 4.99 Å². The summed E-state index contributed by atoms with van der Waals surface area (Å²) in [6, 6.07) is 5.61. The summed E-state index contributed by atoms with van der Waals surface area (Å²) in [6.07, 6.45) is 0. The van der Waals surface area contributed by atoms with Gasteiger partial charge in [-0.1, -0.05) is 23.9 Å². The quantitative estimate of drug-likeness (QED) is 0.749. The number of hydrogen-bond donors (Lipinski definition) is 0. The smallest absolute Gasteiger partial charge is 0.262 e. The minimum atomic E-state index is -3.17. The Morgan fingerprint density at radius 3 is 2.82 bits per heavy atom. The molecule has 0 spiro atoms. The average molecular weight is 363 g/mol. The van der Waals surface area contributed by atoms with E-state index in [9.17, 15) is 17.6 Å². The highest BCUT2D eigenvalue weighted by atomic mass is 35.5. The van der Waals surface area contributed by atoms with Crippen molar-refractivity contribution in [2.45, 2.75) is 11.3 Å². The van der Waals surface area contributed by atoms with Gasteiger partial charge in [0.1, 0.15) is 11.7 Å². The van der Waals surface area contributed by atoms with Crippen molar-refractivity contribution in [3.8, 4) is 0 Å². The fourth-order valence-electron chi connectivity index (χ4n) is 2.63. The largest absolute Gasteiger partial charge is 0.313 e. The number of fused-ring (bicyclic) bond motifs is 1. The molecular weight excluding hydrogens is 351 g/mol. The van der Waals surface area contributed by atoms with Crippen LogP contribution in [0.25, 0.3) is 0 Å². The van der Waals surface area contributed by atoms with E-state index in [-0.39, 0.29) is 28.3 Å². The molecule has 2 unspecified atom stereocenters. The van der Waals surface area contributed by atoms with E-state index in [1.54, 1.807) is 18.2 Å². The molecule has 0 aliphatic carbocycles. The maximum absolute atomic E-state index is 14.1. The second-order valence-electron chi connectivity index (χ2n) is 5.04. The first-order valence-corrected chi connectivity index (χ1v) is 9.73. The number of amides is 1. The zero-order valence-corrected chi connectivity index (χ0v) is 13.7. The van der Waals surface area contributed by atoms with Gasteiger partial charge in [-0.05, 0) is 12.1 Å². The standard InChI is InChI=1S/C13H12ClFN2O3S2/c14-5-12(18)16-13-17(9-4-2-1-3-8(9)15)10-6-22(19,20)7-11(10)21-13/h1-4,10-11H,5-7H2. The van der Waals surface area contributed by atoms with Gasteiger partial charge in [0, 0.05) is 5.25 Å². The van der Waals surface area contributed by atoms with E-state index in [0.717, 1.165) is 0 Å². The van der Waals surface area contributed by atoms with E-state index in [2.05, 4.69) is 4.99 Å². The topological polar surface area (TPSA) is 66.8 Å². The van der Waals surface area contributed by atoms with Crippen LogP contribution in [-0.2, 0) is 14.6 Å². The first kappa shape index (κ1) is 15.8. The van der Waals surface area contributed by atoms with E-state index < -0.39 is 27.6 Å². The summed E-state index contributed by atoms with van der Waals surface area (Å²) in [5, 5.41) is 0.0483. The third kappa shape index (κ3) is 2.87. The Kier molecular flexibility index (Phi) is 4.17. The molecule has 9 heteroatoms. The fraction of sp³-hybridized carbons (Fsp3) is 0.385. The van der Waals surface area contributed by atoms with Crippen LogP contribution in [0.15, 0.2) is 29.3 Å². The number of aliphatic imine (C=N–C) groups is 1. The number of anilines is 1. The van der Waals surface area contributed by atoms with Crippen molar-refractivity contribution < 1.29 is 17.6 Å². The highest BCUT2D eigenvalue weighted by Crippen LogP contribution is 2.41. The zero-order valence-electron chi connectivity index (χ0n) is 11.3. The number of benzene rings is 1. The third-order valence-electron chi connectivity index (χ3n) is 3.51. The Morgan fingerprint density at radius 1 is 1.41 bits per heavy atom. The number of nitrogens with zero attached hydrogens (tertiary/aromatic N) is 2. The minimum Gasteiger partial charge on any atom is -0.313 e. The van der Waals surface area contributed by atoms with Gasteiger partial charge >= 0.3 is 0 Å². The molecular formula is C13H12ClFN2O3S2. The van der Waals surface area contributed by atoms with Crippen LogP contribution in [0.2, 0.25) is 0 Å². The van der Waals surface area contributed by atoms with Gasteiger partial charge in [0.2, 0.25) is 0 Å². The number of carbonyl (C=O) groups excluding carboxylic acids is 1. The van der Waals surface area contributed by atoms with Crippen LogP contribution < -0.4 is 4.90 Å². The summed E-state index contributed by atoms with van der Waals surface area (Å²) in [4.78, 5) is 16.9. The van der Waals surface area contributed by atoms with Crippen LogP contribution in [0.4, 0.5) is 10.1 Å². The molecule has 5 nitrogen and oxygen atoms in total. The van der Waals surface area contributed by atoms with Crippen LogP contribution in [0.3, 0.4) is 0 Å². The van der Waals surface area contributed by atoms with Gasteiger partial charge < -0.3 is 4.90 Å². The van der Waals surface area contributed by atoms with E-state index in [1.165, 1.54) is 22.7 Å². The van der Waals surface area contributed by atoms with Crippen LogP contribution >= 0.6 is 23.4 Å². The monoisotopic (exact) mass is 362 g/mol. The Labute approximate surface area is 136 Å². The van der Waals surface area contributed by atoms with Crippen molar-refractivity contribution in [2.75, 3.05) is 22.3 Å². The molecule has 0 saturated carbocycles. The first-order chi connectivity index (χ1) is 10.4. The number of hydrogen-bond acceptors (Lipinski definition) is 4. The van der Waals surface area contributed by atoms with E-state index in [0.29, 0.717) is 5.17 Å². The van der Waals surface area contributed by atoms with Crippen LogP contribution in [-0.4, -0.2) is 48.2 Å². The Bertz CT molecular complexity index is 753. The van der Waals surface area contributed by atoms with Gasteiger partial charge in [0.15, 0.2) is 15.0 Å². The van der Waals surface area contributed by atoms with Gasteiger partial charge in [-0.15, -0.1) is 11.6 Å². The molecule has 2 heterocycles. The Balaban J connectivity index is 2.05. The predicted octanol–water partition coefficient (Wildman–Crippen LogP) is 1.67. The van der Waals surface area contributed by atoms with Crippen molar-refractivity contribution >= 4 is 50.0 Å². The molecule has 118 valence electrons. The average Bonchev–Trinajstić information content (AvgIpc) is 2.91. The summed E-state index contributed by atoms with van der Waals surface area (Å²) in [7, 11) is -3.17. The van der Waals surface area contributed by atoms with Crippen molar-refractivity contribution in [3.05, 3.63) is 30.1 Å². The number of rotatable bonds is 2.